The van der Waals surface area contributed by atoms with E-state index in [4.69, 9.17) is 25.4 Å². The van der Waals surface area contributed by atoms with Crippen LogP contribution in [0.1, 0.15) is 0 Å². The summed E-state index contributed by atoms with van der Waals surface area (Å²) in [5.41, 5.74) is 12.7. The van der Waals surface area contributed by atoms with Crippen LogP contribution in [0.4, 0.5) is 5.82 Å². The van der Waals surface area contributed by atoms with Gasteiger partial charge in [0.1, 0.15) is 28.3 Å². The first kappa shape index (κ1) is 21.4. The normalized spacial score (nSPS) is 13.8. The third-order valence-electron chi connectivity index (χ3n) is 6.49. The van der Waals surface area contributed by atoms with E-state index in [-0.39, 0.29) is 6.04 Å². The maximum Gasteiger partial charge on any atom is 0.161 e. The van der Waals surface area contributed by atoms with Gasteiger partial charge in [-0.2, -0.15) is 5.10 Å². The highest BCUT2D eigenvalue weighted by atomic mass is 16.5. The van der Waals surface area contributed by atoms with Gasteiger partial charge in [-0.3, -0.25) is 15.1 Å². The second-order valence-electron chi connectivity index (χ2n) is 8.97. The zero-order valence-corrected chi connectivity index (χ0v) is 19.9. The number of nitrogens with two attached hydrogens (primary N) is 1. The van der Waals surface area contributed by atoms with Crippen molar-refractivity contribution < 1.29 is 4.74 Å². The molecule has 6 aromatic rings. The first-order chi connectivity index (χ1) is 18.2. The molecular formula is C26H22N10O. The molecule has 1 saturated heterocycles. The Balaban J connectivity index is 1.30. The molecule has 0 amide bonds. The van der Waals surface area contributed by atoms with Gasteiger partial charge in [0.05, 0.1) is 41.9 Å². The molecule has 0 aliphatic carbocycles. The molecule has 1 fully saturated rings. The number of aromatic nitrogens is 8. The fourth-order valence-electron chi connectivity index (χ4n) is 4.57. The fraction of sp³-hybridized carbons (Fsp3) is 0.154. The van der Waals surface area contributed by atoms with Crippen LogP contribution in [-0.4, -0.2) is 66.3 Å². The number of methoxy groups -OCH3 is 1. The molecule has 11 heteroatoms. The first-order valence-electron chi connectivity index (χ1n) is 11.8. The first-order valence-corrected chi connectivity index (χ1v) is 11.8. The fourth-order valence-corrected chi connectivity index (χ4v) is 4.57. The molecule has 4 N–H and O–H groups in total. The molecule has 6 heterocycles. The predicted octanol–water partition coefficient (Wildman–Crippen LogP) is 3.18. The number of aromatic amines is 2. The lowest BCUT2D eigenvalue weighted by molar-refractivity contribution is 0.415. The number of hydrogen-bond acceptors (Lipinski definition) is 9. The van der Waals surface area contributed by atoms with Gasteiger partial charge in [0.2, 0.25) is 0 Å². The van der Waals surface area contributed by atoms with E-state index in [9.17, 15) is 0 Å². The Morgan fingerprint density at radius 2 is 1.84 bits per heavy atom. The van der Waals surface area contributed by atoms with Gasteiger partial charge >= 0.3 is 0 Å². The van der Waals surface area contributed by atoms with Gasteiger partial charge in [0, 0.05) is 30.9 Å². The van der Waals surface area contributed by atoms with Gasteiger partial charge in [0.25, 0.3) is 0 Å². The van der Waals surface area contributed by atoms with Crippen LogP contribution in [0.2, 0.25) is 0 Å². The van der Waals surface area contributed by atoms with Crippen molar-refractivity contribution >= 4 is 27.9 Å². The number of imidazole rings is 1. The largest absolute Gasteiger partial charge is 0.497 e. The van der Waals surface area contributed by atoms with E-state index in [2.05, 4.69) is 30.0 Å². The van der Waals surface area contributed by atoms with Crippen LogP contribution in [0.5, 0.6) is 5.75 Å². The van der Waals surface area contributed by atoms with Crippen molar-refractivity contribution in [3.05, 3.63) is 61.1 Å². The highest BCUT2D eigenvalue weighted by Crippen LogP contribution is 2.32. The standard InChI is InChI=1S/C26H22N10O/c1-37-16-4-2-3-14(9-16)22-23-18(7-8-29-22)32-26(33-23)25-24-19(34-35-25)6-5-17(31-24)20-10-28-11-21(30-20)36-12-15(27)13-36/h2-11,15H,12-13,27H2,1H3,(H,32,33)(H,34,35). The zero-order valence-electron chi connectivity index (χ0n) is 19.9. The number of nitrogens with one attached hydrogen (secondary N) is 2. The maximum atomic E-state index is 5.93. The number of hydrogen-bond donors (Lipinski definition) is 3. The lowest BCUT2D eigenvalue weighted by atomic mass is 10.1. The van der Waals surface area contributed by atoms with Crippen LogP contribution in [0.3, 0.4) is 0 Å². The summed E-state index contributed by atoms with van der Waals surface area (Å²) in [6.45, 7) is 1.55. The van der Waals surface area contributed by atoms with E-state index in [0.29, 0.717) is 28.4 Å². The van der Waals surface area contributed by atoms with Gasteiger partial charge in [0.15, 0.2) is 11.5 Å². The van der Waals surface area contributed by atoms with E-state index in [1.807, 2.05) is 42.5 Å². The molecule has 1 aliphatic rings. The highest BCUT2D eigenvalue weighted by molar-refractivity contribution is 5.95. The van der Waals surface area contributed by atoms with Crippen molar-refractivity contribution in [3.8, 4) is 39.9 Å². The van der Waals surface area contributed by atoms with E-state index in [1.165, 1.54) is 0 Å². The maximum absolute atomic E-state index is 5.93. The lowest BCUT2D eigenvalue weighted by Gasteiger charge is -2.37. The van der Waals surface area contributed by atoms with Crippen LogP contribution < -0.4 is 15.4 Å². The summed E-state index contributed by atoms with van der Waals surface area (Å²) in [6, 6.07) is 13.7. The van der Waals surface area contributed by atoms with Crippen molar-refractivity contribution in [1.82, 2.24) is 40.1 Å². The van der Waals surface area contributed by atoms with Crippen molar-refractivity contribution in [2.24, 2.45) is 5.73 Å². The van der Waals surface area contributed by atoms with Gasteiger partial charge in [-0.15, -0.1) is 0 Å². The molecule has 1 aromatic carbocycles. The summed E-state index contributed by atoms with van der Waals surface area (Å²) in [5, 5.41) is 7.58. The summed E-state index contributed by atoms with van der Waals surface area (Å²) in [4.78, 5) is 29.0. The van der Waals surface area contributed by atoms with Gasteiger partial charge < -0.3 is 20.4 Å². The minimum Gasteiger partial charge on any atom is -0.497 e. The third kappa shape index (κ3) is 3.64. The number of H-pyrrole nitrogens is 2. The molecule has 0 radical (unpaired) electrons. The number of nitrogens with zero attached hydrogens (tertiary/aromatic N) is 7. The highest BCUT2D eigenvalue weighted by Gasteiger charge is 2.25. The van der Waals surface area contributed by atoms with E-state index in [1.54, 1.807) is 25.7 Å². The Bertz CT molecular complexity index is 1770. The molecule has 1 aliphatic heterocycles. The Kier molecular flexibility index (Phi) is 4.83. The van der Waals surface area contributed by atoms with Gasteiger partial charge in [-0.05, 0) is 30.3 Å². The monoisotopic (exact) mass is 490 g/mol. The summed E-state index contributed by atoms with van der Waals surface area (Å²) in [7, 11) is 1.64. The number of rotatable bonds is 5. The molecule has 11 nitrogen and oxygen atoms in total. The Morgan fingerprint density at radius 3 is 2.70 bits per heavy atom. The van der Waals surface area contributed by atoms with Gasteiger partial charge in [-0.1, -0.05) is 12.1 Å². The third-order valence-corrected chi connectivity index (χ3v) is 6.49. The molecular weight excluding hydrogens is 468 g/mol. The van der Waals surface area contributed by atoms with Crippen molar-refractivity contribution in [1.29, 1.82) is 0 Å². The zero-order chi connectivity index (χ0) is 24.9. The quantitative estimate of drug-likeness (QED) is 0.331. The number of benzene rings is 1. The van der Waals surface area contributed by atoms with E-state index in [0.717, 1.165) is 52.5 Å². The van der Waals surface area contributed by atoms with Crippen LogP contribution in [0.15, 0.2) is 61.1 Å². The number of pyridine rings is 2. The predicted molar refractivity (Wildman–Crippen MR) is 140 cm³/mol. The second kappa shape index (κ2) is 8.35. The lowest BCUT2D eigenvalue weighted by Crippen LogP contribution is -2.56. The van der Waals surface area contributed by atoms with Crippen molar-refractivity contribution in [3.63, 3.8) is 0 Å². The minimum absolute atomic E-state index is 0.178. The molecule has 5 aromatic heterocycles. The molecule has 37 heavy (non-hydrogen) atoms. The molecule has 0 saturated carbocycles. The molecule has 7 rings (SSSR count). The van der Waals surface area contributed by atoms with Crippen LogP contribution in [0.25, 0.3) is 56.2 Å². The molecule has 0 bridgehead atoms. The molecule has 0 atom stereocenters. The number of anilines is 1. The minimum atomic E-state index is 0.178. The average molecular weight is 491 g/mol. The topological polar surface area (TPSA) is 147 Å². The number of ether oxygens (including phenoxy) is 1. The summed E-state index contributed by atoms with van der Waals surface area (Å²) in [5.74, 6) is 2.15. The molecule has 0 spiro atoms. The van der Waals surface area contributed by atoms with Crippen LogP contribution in [0, 0.1) is 0 Å². The summed E-state index contributed by atoms with van der Waals surface area (Å²) in [6.07, 6.45) is 5.22. The van der Waals surface area contributed by atoms with Crippen LogP contribution >= 0.6 is 0 Å². The van der Waals surface area contributed by atoms with E-state index < -0.39 is 0 Å². The average Bonchev–Trinajstić information content (AvgIpc) is 3.55. The summed E-state index contributed by atoms with van der Waals surface area (Å²) < 4.78 is 5.39. The SMILES string of the molecule is COc1cccc(-c2nccc3[nH]c(-c4n[nH]c5ccc(-c6cncc(N7CC(N)C7)n6)nc45)nc23)c1. The molecule has 0 unspecified atom stereocenters. The Morgan fingerprint density at radius 1 is 0.946 bits per heavy atom. The summed E-state index contributed by atoms with van der Waals surface area (Å²) >= 11 is 0. The van der Waals surface area contributed by atoms with Crippen molar-refractivity contribution in [2.45, 2.75) is 6.04 Å². The smallest absolute Gasteiger partial charge is 0.161 e. The Hall–Kier alpha value is -4.90. The second-order valence-corrected chi connectivity index (χ2v) is 8.97. The van der Waals surface area contributed by atoms with E-state index >= 15 is 0 Å². The molecule has 182 valence electrons. The Labute approximate surface area is 210 Å². The van der Waals surface area contributed by atoms with Crippen LogP contribution in [-0.2, 0) is 0 Å². The van der Waals surface area contributed by atoms with Gasteiger partial charge in [-0.25, -0.2) is 15.0 Å². The van der Waals surface area contributed by atoms with Crippen molar-refractivity contribution in [2.75, 3.05) is 25.1 Å². The number of fused-ring (bicyclic) bond motifs is 2.